The summed E-state index contributed by atoms with van der Waals surface area (Å²) in [5.74, 6) is 0.994. The number of nitrogens with zero attached hydrogens (tertiary/aromatic N) is 2. The second kappa shape index (κ2) is 8.08. The number of fused-ring (bicyclic) bond motifs is 1. The first-order valence-electron chi connectivity index (χ1n) is 8.36. The molecule has 24 heavy (non-hydrogen) atoms. The van der Waals surface area contributed by atoms with E-state index in [0.717, 1.165) is 49.7 Å². The standard InChI is InChI=1S/C20H24N2O2/c1-16-19(18-9-3-4-10-20(18)24-16)15-22(12-7-13-23-2)14-17-8-5-6-11-21-17/h3-6,8-11H,7,12-15H2,1-2H3. The maximum Gasteiger partial charge on any atom is 0.134 e. The molecule has 0 spiro atoms. The largest absolute Gasteiger partial charge is 0.461 e. The number of rotatable bonds is 8. The molecule has 0 aliphatic carbocycles. The zero-order chi connectivity index (χ0) is 16.8. The van der Waals surface area contributed by atoms with Crippen molar-refractivity contribution < 1.29 is 9.15 Å². The van der Waals surface area contributed by atoms with Gasteiger partial charge in [0.15, 0.2) is 0 Å². The molecule has 0 N–H and O–H groups in total. The molecule has 0 saturated carbocycles. The molecule has 0 aliphatic rings. The van der Waals surface area contributed by atoms with E-state index in [1.54, 1.807) is 7.11 Å². The second-order valence-corrected chi connectivity index (χ2v) is 6.01. The normalized spacial score (nSPS) is 11.5. The van der Waals surface area contributed by atoms with Crippen LogP contribution in [0.1, 0.15) is 23.4 Å². The fraction of sp³-hybridized carbons (Fsp3) is 0.350. The Kier molecular flexibility index (Phi) is 5.62. The van der Waals surface area contributed by atoms with Crippen LogP contribution >= 0.6 is 0 Å². The predicted molar refractivity (Wildman–Crippen MR) is 95.8 cm³/mol. The quantitative estimate of drug-likeness (QED) is 0.583. The van der Waals surface area contributed by atoms with E-state index < -0.39 is 0 Å². The van der Waals surface area contributed by atoms with E-state index in [1.165, 1.54) is 10.9 Å². The monoisotopic (exact) mass is 324 g/mol. The van der Waals surface area contributed by atoms with Gasteiger partial charge in [-0.25, -0.2) is 0 Å². The fourth-order valence-corrected chi connectivity index (χ4v) is 3.01. The molecular weight excluding hydrogens is 300 g/mol. The molecule has 0 radical (unpaired) electrons. The lowest BCUT2D eigenvalue weighted by molar-refractivity contribution is 0.166. The average Bonchev–Trinajstić information content (AvgIpc) is 2.92. The number of furan rings is 1. The average molecular weight is 324 g/mol. The summed E-state index contributed by atoms with van der Waals surface area (Å²) in [7, 11) is 1.75. The predicted octanol–water partition coefficient (Wildman–Crippen LogP) is 4.17. The smallest absolute Gasteiger partial charge is 0.134 e. The van der Waals surface area contributed by atoms with Crippen LogP contribution in [0.5, 0.6) is 0 Å². The van der Waals surface area contributed by atoms with Gasteiger partial charge in [-0.15, -0.1) is 0 Å². The Labute approximate surface area is 143 Å². The number of ether oxygens (including phenoxy) is 1. The van der Waals surface area contributed by atoms with Gasteiger partial charge in [0.25, 0.3) is 0 Å². The summed E-state index contributed by atoms with van der Waals surface area (Å²) in [4.78, 5) is 6.87. The molecule has 4 heteroatoms. The molecule has 0 fully saturated rings. The first-order valence-corrected chi connectivity index (χ1v) is 8.36. The number of pyridine rings is 1. The molecule has 0 aliphatic heterocycles. The lowest BCUT2D eigenvalue weighted by atomic mass is 10.1. The van der Waals surface area contributed by atoms with Crippen LogP contribution in [0.25, 0.3) is 11.0 Å². The number of aryl methyl sites for hydroxylation is 1. The van der Waals surface area contributed by atoms with Crippen LogP contribution in [-0.4, -0.2) is 30.1 Å². The minimum absolute atomic E-state index is 0.768. The van der Waals surface area contributed by atoms with Crippen molar-refractivity contribution in [3.8, 4) is 0 Å². The molecule has 4 nitrogen and oxygen atoms in total. The van der Waals surface area contributed by atoms with Gasteiger partial charge in [-0.3, -0.25) is 9.88 Å². The van der Waals surface area contributed by atoms with E-state index in [9.17, 15) is 0 Å². The molecule has 0 saturated heterocycles. The number of hydrogen-bond acceptors (Lipinski definition) is 4. The summed E-state index contributed by atoms with van der Waals surface area (Å²) >= 11 is 0. The second-order valence-electron chi connectivity index (χ2n) is 6.01. The molecule has 0 unspecified atom stereocenters. The third-order valence-corrected chi connectivity index (χ3v) is 4.22. The van der Waals surface area contributed by atoms with Gasteiger partial charge in [0.2, 0.25) is 0 Å². The minimum Gasteiger partial charge on any atom is -0.461 e. The molecule has 2 heterocycles. The zero-order valence-corrected chi connectivity index (χ0v) is 14.4. The molecule has 3 aromatic rings. The van der Waals surface area contributed by atoms with Crippen molar-refractivity contribution in [1.82, 2.24) is 9.88 Å². The van der Waals surface area contributed by atoms with Crippen molar-refractivity contribution in [2.75, 3.05) is 20.3 Å². The van der Waals surface area contributed by atoms with Crippen LogP contribution in [0.4, 0.5) is 0 Å². The minimum atomic E-state index is 0.768. The van der Waals surface area contributed by atoms with Gasteiger partial charge in [0, 0.05) is 50.5 Å². The van der Waals surface area contributed by atoms with Gasteiger partial charge in [0.05, 0.1) is 5.69 Å². The number of benzene rings is 1. The molecule has 0 bridgehead atoms. The Bertz CT molecular complexity index is 768. The highest BCUT2D eigenvalue weighted by Gasteiger charge is 2.15. The molecule has 0 amide bonds. The molecular formula is C20H24N2O2. The number of aromatic nitrogens is 1. The van der Waals surface area contributed by atoms with Gasteiger partial charge in [-0.05, 0) is 31.5 Å². The molecule has 1 aromatic carbocycles. The van der Waals surface area contributed by atoms with Crippen molar-refractivity contribution in [3.63, 3.8) is 0 Å². The van der Waals surface area contributed by atoms with Crippen molar-refractivity contribution in [2.45, 2.75) is 26.4 Å². The van der Waals surface area contributed by atoms with Crippen LogP contribution in [0.15, 0.2) is 53.1 Å². The zero-order valence-electron chi connectivity index (χ0n) is 14.4. The maximum absolute atomic E-state index is 5.91. The van der Waals surface area contributed by atoms with Crippen LogP contribution < -0.4 is 0 Å². The number of hydrogen-bond donors (Lipinski definition) is 0. The SMILES string of the molecule is COCCCN(Cc1ccccn1)Cc1c(C)oc2ccccc12. The molecule has 3 rings (SSSR count). The topological polar surface area (TPSA) is 38.5 Å². The Morgan fingerprint density at radius 1 is 1.08 bits per heavy atom. The van der Waals surface area contributed by atoms with Crippen LogP contribution in [0.3, 0.4) is 0 Å². The van der Waals surface area contributed by atoms with Crippen molar-refractivity contribution in [1.29, 1.82) is 0 Å². The van der Waals surface area contributed by atoms with E-state index in [0.29, 0.717) is 0 Å². The van der Waals surface area contributed by atoms with E-state index in [-0.39, 0.29) is 0 Å². The highest BCUT2D eigenvalue weighted by atomic mass is 16.5. The Balaban J connectivity index is 1.80. The molecule has 0 atom stereocenters. The van der Waals surface area contributed by atoms with Gasteiger partial charge < -0.3 is 9.15 Å². The van der Waals surface area contributed by atoms with Gasteiger partial charge in [-0.1, -0.05) is 24.3 Å². The van der Waals surface area contributed by atoms with Crippen molar-refractivity contribution in [3.05, 3.63) is 65.7 Å². The van der Waals surface area contributed by atoms with Gasteiger partial charge in [-0.2, -0.15) is 0 Å². The summed E-state index contributed by atoms with van der Waals surface area (Å²) < 4.78 is 11.1. The molecule has 126 valence electrons. The highest BCUT2D eigenvalue weighted by Crippen LogP contribution is 2.26. The van der Waals surface area contributed by atoms with Gasteiger partial charge in [0.1, 0.15) is 11.3 Å². The first-order chi connectivity index (χ1) is 11.8. The summed E-state index contributed by atoms with van der Waals surface area (Å²) in [5.41, 5.74) is 3.30. The van der Waals surface area contributed by atoms with E-state index in [1.807, 2.05) is 37.4 Å². The third kappa shape index (κ3) is 4.02. The van der Waals surface area contributed by atoms with Gasteiger partial charge >= 0.3 is 0 Å². The third-order valence-electron chi connectivity index (χ3n) is 4.22. The summed E-state index contributed by atoms with van der Waals surface area (Å²) in [6.07, 6.45) is 2.85. The Hall–Kier alpha value is -2.17. The van der Waals surface area contributed by atoms with Crippen molar-refractivity contribution in [2.24, 2.45) is 0 Å². The van der Waals surface area contributed by atoms with E-state index in [2.05, 4.69) is 28.1 Å². The first kappa shape index (κ1) is 16.7. The maximum atomic E-state index is 5.91. The number of para-hydroxylation sites is 1. The van der Waals surface area contributed by atoms with E-state index in [4.69, 9.17) is 9.15 Å². The number of methoxy groups -OCH3 is 1. The Morgan fingerprint density at radius 3 is 2.71 bits per heavy atom. The molecule has 2 aromatic heterocycles. The Morgan fingerprint density at radius 2 is 1.92 bits per heavy atom. The summed E-state index contributed by atoms with van der Waals surface area (Å²) in [6.45, 7) is 5.45. The van der Waals surface area contributed by atoms with Crippen LogP contribution in [-0.2, 0) is 17.8 Å². The van der Waals surface area contributed by atoms with Crippen LogP contribution in [0, 0.1) is 6.92 Å². The summed E-state index contributed by atoms with van der Waals surface area (Å²) in [6, 6.07) is 14.3. The summed E-state index contributed by atoms with van der Waals surface area (Å²) in [5, 5.41) is 1.20. The lowest BCUT2D eigenvalue weighted by Gasteiger charge is -2.22. The fourth-order valence-electron chi connectivity index (χ4n) is 3.01. The highest BCUT2D eigenvalue weighted by molar-refractivity contribution is 5.82. The van der Waals surface area contributed by atoms with Crippen LogP contribution in [0.2, 0.25) is 0 Å². The van der Waals surface area contributed by atoms with Crippen molar-refractivity contribution >= 4 is 11.0 Å². The van der Waals surface area contributed by atoms with E-state index >= 15 is 0 Å². The lowest BCUT2D eigenvalue weighted by Crippen LogP contribution is -2.25.